The normalized spacial score (nSPS) is 15.9. The van der Waals surface area contributed by atoms with Crippen LogP contribution in [0.25, 0.3) is 11.3 Å². The summed E-state index contributed by atoms with van der Waals surface area (Å²) in [6.45, 7) is 0.606. The van der Waals surface area contributed by atoms with Gasteiger partial charge < -0.3 is 5.32 Å². The Kier molecular flexibility index (Phi) is 5.66. The van der Waals surface area contributed by atoms with Crippen molar-refractivity contribution in [1.82, 2.24) is 9.97 Å². The highest BCUT2D eigenvalue weighted by atomic mass is 19.2. The van der Waals surface area contributed by atoms with Gasteiger partial charge >= 0.3 is 0 Å². The number of hydrogen-bond donors (Lipinski definition) is 1. The molecule has 0 aliphatic heterocycles. The number of fused-ring (bicyclic) bond motifs is 3. The Balaban J connectivity index is 1.43. The Bertz CT molecular complexity index is 1090. The van der Waals surface area contributed by atoms with E-state index in [1.165, 1.54) is 42.5 Å². The summed E-state index contributed by atoms with van der Waals surface area (Å²) in [6, 6.07) is 12.6. The predicted molar refractivity (Wildman–Crippen MR) is 119 cm³/mol. The number of aromatic nitrogens is 2. The Morgan fingerprint density at radius 1 is 0.903 bits per heavy atom. The minimum Gasteiger partial charge on any atom is -0.368 e. The fourth-order valence-electron chi connectivity index (χ4n) is 4.91. The van der Waals surface area contributed by atoms with Crippen molar-refractivity contribution in [3.63, 3.8) is 0 Å². The van der Waals surface area contributed by atoms with E-state index in [1.54, 1.807) is 6.07 Å². The summed E-state index contributed by atoms with van der Waals surface area (Å²) in [4.78, 5) is 10.2. The van der Waals surface area contributed by atoms with E-state index in [0.29, 0.717) is 18.9 Å². The van der Waals surface area contributed by atoms with Gasteiger partial charge in [-0.3, -0.25) is 0 Å². The van der Waals surface area contributed by atoms with Crippen molar-refractivity contribution >= 4 is 5.82 Å². The number of rotatable bonds is 5. The lowest BCUT2D eigenvalue weighted by Crippen LogP contribution is -2.18. The summed E-state index contributed by atoms with van der Waals surface area (Å²) < 4.78 is 26.7. The van der Waals surface area contributed by atoms with Crippen molar-refractivity contribution in [2.45, 2.75) is 57.3 Å². The van der Waals surface area contributed by atoms with Crippen LogP contribution in [0.4, 0.5) is 14.6 Å². The number of nitrogens with one attached hydrogen (secondary N) is 1. The average Bonchev–Trinajstić information content (AvgIpc) is 2.81. The molecule has 0 unspecified atom stereocenters. The molecule has 0 saturated heterocycles. The molecule has 0 spiro atoms. The fourth-order valence-corrected chi connectivity index (χ4v) is 4.91. The largest absolute Gasteiger partial charge is 0.368 e. The molecule has 5 heteroatoms. The molecule has 0 amide bonds. The third kappa shape index (κ3) is 4.18. The van der Waals surface area contributed by atoms with Gasteiger partial charge in [-0.1, -0.05) is 49.6 Å². The summed E-state index contributed by atoms with van der Waals surface area (Å²) in [5, 5.41) is 3.48. The van der Waals surface area contributed by atoms with E-state index in [9.17, 15) is 8.78 Å². The van der Waals surface area contributed by atoms with Crippen LogP contribution in [-0.2, 0) is 19.3 Å². The third-order valence-corrected chi connectivity index (χ3v) is 6.58. The lowest BCUT2D eigenvalue weighted by atomic mass is 9.85. The summed E-state index contributed by atoms with van der Waals surface area (Å²) in [5.74, 6) is -0.316. The molecule has 3 nitrogen and oxygen atoms in total. The molecule has 1 heterocycles. The van der Waals surface area contributed by atoms with Crippen molar-refractivity contribution < 1.29 is 8.78 Å². The van der Waals surface area contributed by atoms with E-state index < -0.39 is 11.6 Å². The molecule has 3 aromatic rings. The maximum atomic E-state index is 13.5. The quantitative estimate of drug-likeness (QED) is 0.533. The minimum absolute atomic E-state index is 0.423. The fraction of sp³-hybridized carbons (Fsp3) is 0.385. The summed E-state index contributed by atoms with van der Waals surface area (Å²) in [7, 11) is 0. The van der Waals surface area contributed by atoms with E-state index in [-0.39, 0.29) is 0 Å². The highest BCUT2D eigenvalue weighted by Gasteiger charge is 2.26. The molecule has 1 fully saturated rings. The van der Waals surface area contributed by atoms with Gasteiger partial charge in [0.1, 0.15) is 5.82 Å². The summed E-state index contributed by atoms with van der Waals surface area (Å²) in [6.07, 6.45) is 8.51. The van der Waals surface area contributed by atoms with Crippen molar-refractivity contribution in [3.8, 4) is 11.3 Å². The minimum atomic E-state index is -0.808. The van der Waals surface area contributed by atoms with Crippen LogP contribution in [0.2, 0.25) is 0 Å². The first-order valence-electron chi connectivity index (χ1n) is 11.4. The topological polar surface area (TPSA) is 37.8 Å². The number of nitrogens with zero attached hydrogens (tertiary/aromatic N) is 2. The van der Waals surface area contributed by atoms with Gasteiger partial charge in [0.15, 0.2) is 11.6 Å². The molecular weight excluding hydrogens is 392 g/mol. The smallest absolute Gasteiger partial charge is 0.159 e. The number of benzene rings is 2. The van der Waals surface area contributed by atoms with Gasteiger partial charge in [-0.2, -0.15) is 0 Å². The van der Waals surface area contributed by atoms with E-state index in [4.69, 9.17) is 9.97 Å². The van der Waals surface area contributed by atoms with Gasteiger partial charge in [0.25, 0.3) is 0 Å². The molecule has 2 aliphatic rings. The molecule has 1 N–H and O–H groups in total. The van der Waals surface area contributed by atoms with Crippen molar-refractivity contribution in [2.75, 3.05) is 11.9 Å². The molecule has 0 radical (unpaired) electrons. The van der Waals surface area contributed by atoms with Crippen LogP contribution in [-0.4, -0.2) is 16.5 Å². The Morgan fingerprint density at radius 3 is 2.58 bits per heavy atom. The highest BCUT2D eigenvalue weighted by Crippen LogP contribution is 2.38. The van der Waals surface area contributed by atoms with Gasteiger partial charge in [-0.05, 0) is 55.4 Å². The molecule has 31 heavy (non-hydrogen) atoms. The van der Waals surface area contributed by atoms with Crippen LogP contribution in [0.3, 0.4) is 0 Å². The van der Waals surface area contributed by atoms with E-state index in [1.807, 2.05) is 0 Å². The zero-order valence-corrected chi connectivity index (χ0v) is 17.6. The number of aryl methyl sites for hydroxylation is 2. The van der Waals surface area contributed by atoms with Gasteiger partial charge in [0.05, 0.1) is 17.1 Å². The molecule has 0 atom stereocenters. The molecule has 160 valence electrons. The molecule has 0 bridgehead atoms. The Labute approximate surface area is 182 Å². The monoisotopic (exact) mass is 419 g/mol. The molecule has 2 aromatic carbocycles. The van der Waals surface area contributed by atoms with Crippen LogP contribution in [0.1, 0.15) is 60.5 Å². The second-order valence-electron chi connectivity index (χ2n) is 8.67. The zero-order chi connectivity index (χ0) is 21.2. The molecule has 5 rings (SSSR count). The maximum absolute atomic E-state index is 13.5. The second kappa shape index (κ2) is 8.74. The summed E-state index contributed by atoms with van der Waals surface area (Å²) in [5.41, 5.74) is 6.48. The molecule has 2 aliphatic carbocycles. The Morgan fingerprint density at radius 2 is 1.74 bits per heavy atom. The third-order valence-electron chi connectivity index (χ3n) is 6.58. The SMILES string of the molecule is Fc1ccc(CCNc2nc3c(nc2C2CCCCC2)-c2ccccc2CC3)cc1F. The maximum Gasteiger partial charge on any atom is 0.159 e. The van der Waals surface area contributed by atoms with Crippen molar-refractivity contribution in [1.29, 1.82) is 0 Å². The molecule has 1 saturated carbocycles. The van der Waals surface area contributed by atoms with Gasteiger partial charge in [0.2, 0.25) is 0 Å². The van der Waals surface area contributed by atoms with Gasteiger partial charge in [-0.25, -0.2) is 18.7 Å². The number of anilines is 1. The first-order chi connectivity index (χ1) is 15.2. The standard InChI is InChI=1S/C26H27F2N3/c27-21-12-10-17(16-22(21)28)14-15-29-26-24(19-7-2-1-3-8-19)31-25-20-9-5-4-6-18(20)11-13-23(25)30-26/h4-6,9-10,12,16,19H,1-3,7-8,11,13-15H2,(H,29,30). The van der Waals surface area contributed by atoms with Crippen LogP contribution < -0.4 is 5.32 Å². The first-order valence-corrected chi connectivity index (χ1v) is 11.4. The van der Waals surface area contributed by atoms with Crippen LogP contribution in [0, 0.1) is 11.6 Å². The van der Waals surface area contributed by atoms with E-state index >= 15 is 0 Å². The molecule has 1 aromatic heterocycles. The predicted octanol–water partition coefficient (Wildman–Crippen LogP) is 6.22. The van der Waals surface area contributed by atoms with Crippen LogP contribution in [0.5, 0.6) is 0 Å². The molecular formula is C26H27F2N3. The second-order valence-corrected chi connectivity index (χ2v) is 8.67. The van der Waals surface area contributed by atoms with Crippen LogP contribution in [0.15, 0.2) is 42.5 Å². The van der Waals surface area contributed by atoms with Crippen LogP contribution >= 0.6 is 0 Å². The Hall–Kier alpha value is -2.82. The zero-order valence-electron chi connectivity index (χ0n) is 17.6. The number of hydrogen-bond acceptors (Lipinski definition) is 3. The first kappa shape index (κ1) is 20.1. The number of halogens is 2. The van der Waals surface area contributed by atoms with Gasteiger partial charge in [0, 0.05) is 18.0 Å². The van der Waals surface area contributed by atoms with E-state index in [2.05, 4.69) is 29.6 Å². The summed E-state index contributed by atoms with van der Waals surface area (Å²) >= 11 is 0. The lowest BCUT2D eigenvalue weighted by molar-refractivity contribution is 0.436. The van der Waals surface area contributed by atoms with Crippen molar-refractivity contribution in [3.05, 3.63) is 76.6 Å². The van der Waals surface area contributed by atoms with Crippen molar-refractivity contribution in [2.24, 2.45) is 0 Å². The van der Waals surface area contributed by atoms with Gasteiger partial charge in [-0.15, -0.1) is 0 Å². The average molecular weight is 420 g/mol. The highest BCUT2D eigenvalue weighted by molar-refractivity contribution is 5.69. The van der Waals surface area contributed by atoms with E-state index in [0.717, 1.165) is 54.1 Å². The lowest BCUT2D eigenvalue weighted by Gasteiger charge is -2.26.